The molecule has 2 aromatic carbocycles. The summed E-state index contributed by atoms with van der Waals surface area (Å²) >= 11 is 0. The minimum atomic E-state index is -3.78. The summed E-state index contributed by atoms with van der Waals surface area (Å²) in [5.41, 5.74) is 1.95. The highest BCUT2D eigenvalue weighted by atomic mass is 32.2. The van der Waals surface area contributed by atoms with Crippen LogP contribution in [0.1, 0.15) is 22.5 Å². The van der Waals surface area contributed by atoms with Gasteiger partial charge in [-0.25, -0.2) is 0 Å². The summed E-state index contributed by atoms with van der Waals surface area (Å²) in [5.74, 6) is -0.483. The van der Waals surface area contributed by atoms with Crippen molar-refractivity contribution in [1.29, 1.82) is 0 Å². The Bertz CT molecular complexity index is 1070. The molecule has 1 heterocycles. The molecule has 0 aliphatic carbocycles. The first-order chi connectivity index (χ1) is 14.3. The van der Waals surface area contributed by atoms with Crippen molar-refractivity contribution in [2.45, 2.75) is 24.7 Å². The number of hydrogen-bond acceptors (Lipinski definition) is 7. The number of nitrogens with zero attached hydrogens (tertiary/aromatic N) is 1. The maximum Gasteiger partial charge on any atom is 0.271 e. The summed E-state index contributed by atoms with van der Waals surface area (Å²) in [6.45, 7) is -0.500. The third-order valence-electron chi connectivity index (χ3n) is 4.01. The monoisotopic (exact) mass is 447 g/mol. The molecule has 0 aliphatic rings. The summed E-state index contributed by atoms with van der Waals surface area (Å²) in [6.07, 6.45) is 0. The molecule has 0 aliphatic heterocycles. The molecule has 0 fully saturated rings. The summed E-state index contributed by atoms with van der Waals surface area (Å²) in [7, 11) is -7.57. The first kappa shape index (κ1) is 22.1. The molecule has 1 aromatic heterocycles. The average Bonchev–Trinajstić information content (AvgIpc) is 2.72. The Hall–Kier alpha value is -2.59. The number of rotatable bonds is 10. The van der Waals surface area contributed by atoms with Crippen molar-refractivity contribution in [2.75, 3.05) is 0 Å². The van der Waals surface area contributed by atoms with Gasteiger partial charge in [-0.1, -0.05) is 66.7 Å². The third-order valence-corrected chi connectivity index (χ3v) is 6.34. The minimum absolute atomic E-state index is 0.242. The second-order valence-corrected chi connectivity index (χ2v) is 9.80. The van der Waals surface area contributed by atoms with Gasteiger partial charge in [0.1, 0.15) is 24.7 Å². The lowest BCUT2D eigenvalue weighted by molar-refractivity contribution is 0.293. The van der Waals surface area contributed by atoms with E-state index in [1.807, 2.05) is 0 Å². The zero-order chi connectivity index (χ0) is 21.5. The zero-order valence-corrected chi connectivity index (χ0v) is 17.7. The molecule has 0 N–H and O–H groups in total. The van der Waals surface area contributed by atoms with Gasteiger partial charge >= 0.3 is 0 Å². The van der Waals surface area contributed by atoms with Crippen molar-refractivity contribution in [1.82, 2.24) is 4.98 Å². The molecular weight excluding hydrogens is 426 g/mol. The SMILES string of the molecule is O=S(=O)(Cc1ccccc1)OCc1cccc(COS(=O)(=O)Cc2ccccc2)n1. The van der Waals surface area contributed by atoms with Crippen LogP contribution >= 0.6 is 0 Å². The highest BCUT2D eigenvalue weighted by Gasteiger charge is 2.15. The molecular formula is C21H21NO6S2. The highest BCUT2D eigenvalue weighted by molar-refractivity contribution is 7.86. The van der Waals surface area contributed by atoms with Gasteiger partial charge in [-0.15, -0.1) is 0 Å². The van der Waals surface area contributed by atoms with Crippen molar-refractivity contribution >= 4 is 20.2 Å². The Morgan fingerprint density at radius 2 is 0.967 bits per heavy atom. The first-order valence-electron chi connectivity index (χ1n) is 9.08. The number of hydrogen-bond donors (Lipinski definition) is 0. The van der Waals surface area contributed by atoms with Crippen LogP contribution in [-0.2, 0) is 53.3 Å². The Kier molecular flexibility index (Phi) is 7.33. The lowest BCUT2D eigenvalue weighted by Crippen LogP contribution is -2.11. The van der Waals surface area contributed by atoms with E-state index in [0.29, 0.717) is 22.5 Å². The molecule has 30 heavy (non-hydrogen) atoms. The summed E-state index contributed by atoms with van der Waals surface area (Å²) < 4.78 is 58.6. The summed E-state index contributed by atoms with van der Waals surface area (Å²) in [4.78, 5) is 4.21. The van der Waals surface area contributed by atoms with E-state index in [0.717, 1.165) is 0 Å². The van der Waals surface area contributed by atoms with Crippen LogP contribution in [0.3, 0.4) is 0 Å². The van der Waals surface area contributed by atoms with Crippen LogP contribution in [0, 0.1) is 0 Å². The van der Waals surface area contributed by atoms with E-state index in [1.165, 1.54) is 0 Å². The Balaban J connectivity index is 1.55. The normalized spacial score (nSPS) is 12.0. The predicted molar refractivity (Wildman–Crippen MR) is 112 cm³/mol. The predicted octanol–water partition coefficient (Wildman–Crippen LogP) is 3.17. The molecule has 0 bridgehead atoms. The van der Waals surface area contributed by atoms with Gasteiger partial charge in [0.25, 0.3) is 20.2 Å². The molecule has 3 rings (SSSR count). The van der Waals surface area contributed by atoms with Crippen LogP contribution < -0.4 is 0 Å². The van der Waals surface area contributed by atoms with Crippen LogP contribution in [-0.4, -0.2) is 21.8 Å². The Labute approximate surface area is 176 Å². The lowest BCUT2D eigenvalue weighted by Gasteiger charge is -2.08. The Morgan fingerprint density at radius 1 is 0.567 bits per heavy atom. The van der Waals surface area contributed by atoms with Gasteiger partial charge in [-0.2, -0.15) is 16.8 Å². The van der Waals surface area contributed by atoms with Gasteiger partial charge in [0.15, 0.2) is 0 Å². The highest BCUT2D eigenvalue weighted by Crippen LogP contribution is 2.12. The number of benzene rings is 2. The van der Waals surface area contributed by atoms with Crippen LogP contribution in [0.5, 0.6) is 0 Å². The van der Waals surface area contributed by atoms with E-state index >= 15 is 0 Å². The molecule has 158 valence electrons. The fraction of sp³-hybridized carbons (Fsp3) is 0.190. The molecule has 9 heteroatoms. The fourth-order valence-electron chi connectivity index (χ4n) is 2.63. The number of aromatic nitrogens is 1. The summed E-state index contributed by atoms with van der Waals surface area (Å²) in [6, 6.07) is 22.2. The Morgan fingerprint density at radius 3 is 1.37 bits per heavy atom. The number of pyridine rings is 1. The molecule has 0 amide bonds. The van der Waals surface area contributed by atoms with Crippen LogP contribution in [0.15, 0.2) is 78.9 Å². The maximum atomic E-state index is 12.1. The van der Waals surface area contributed by atoms with E-state index in [-0.39, 0.29) is 24.7 Å². The van der Waals surface area contributed by atoms with Crippen molar-refractivity contribution in [2.24, 2.45) is 0 Å². The zero-order valence-electron chi connectivity index (χ0n) is 16.0. The first-order valence-corrected chi connectivity index (χ1v) is 12.2. The van der Waals surface area contributed by atoms with Gasteiger partial charge in [-0.3, -0.25) is 13.4 Å². The van der Waals surface area contributed by atoms with E-state index in [1.54, 1.807) is 78.9 Å². The molecule has 0 saturated heterocycles. The molecule has 0 unspecified atom stereocenters. The molecule has 0 radical (unpaired) electrons. The van der Waals surface area contributed by atoms with Crippen molar-refractivity contribution in [3.63, 3.8) is 0 Å². The van der Waals surface area contributed by atoms with E-state index in [4.69, 9.17) is 8.37 Å². The van der Waals surface area contributed by atoms with Crippen LogP contribution in [0.25, 0.3) is 0 Å². The molecule has 3 aromatic rings. The minimum Gasteiger partial charge on any atom is -0.263 e. The van der Waals surface area contributed by atoms with Crippen molar-refractivity contribution in [3.8, 4) is 0 Å². The lowest BCUT2D eigenvalue weighted by atomic mass is 10.2. The van der Waals surface area contributed by atoms with E-state index in [9.17, 15) is 16.8 Å². The quantitative estimate of drug-likeness (QED) is 0.440. The van der Waals surface area contributed by atoms with Gasteiger partial charge in [0, 0.05) is 0 Å². The topological polar surface area (TPSA) is 99.6 Å². The van der Waals surface area contributed by atoms with Gasteiger partial charge in [-0.05, 0) is 23.3 Å². The van der Waals surface area contributed by atoms with Crippen LogP contribution in [0.2, 0.25) is 0 Å². The van der Waals surface area contributed by atoms with Crippen molar-refractivity contribution < 1.29 is 25.2 Å². The molecule has 7 nitrogen and oxygen atoms in total. The van der Waals surface area contributed by atoms with E-state index in [2.05, 4.69) is 4.98 Å². The largest absolute Gasteiger partial charge is 0.271 e. The smallest absolute Gasteiger partial charge is 0.263 e. The van der Waals surface area contributed by atoms with E-state index < -0.39 is 20.2 Å². The van der Waals surface area contributed by atoms with Gasteiger partial charge < -0.3 is 0 Å². The maximum absolute atomic E-state index is 12.1. The van der Waals surface area contributed by atoms with Gasteiger partial charge in [0.2, 0.25) is 0 Å². The van der Waals surface area contributed by atoms with Crippen LogP contribution in [0.4, 0.5) is 0 Å². The summed E-state index contributed by atoms with van der Waals surface area (Å²) in [5, 5.41) is 0. The molecule has 0 atom stereocenters. The molecule has 0 saturated carbocycles. The second-order valence-electron chi connectivity index (χ2n) is 6.52. The molecule has 0 spiro atoms. The second kappa shape index (κ2) is 9.94. The fourth-order valence-corrected chi connectivity index (χ4v) is 4.60. The van der Waals surface area contributed by atoms with Gasteiger partial charge in [0.05, 0.1) is 11.4 Å². The standard InChI is InChI=1S/C21H21NO6S2/c23-29(24,16-18-8-3-1-4-9-18)27-14-20-12-7-13-21(22-20)15-28-30(25,26)17-19-10-5-2-6-11-19/h1-13H,14-17H2. The average molecular weight is 448 g/mol. The van der Waals surface area contributed by atoms with Crippen molar-refractivity contribution in [3.05, 3.63) is 101 Å². The third kappa shape index (κ3) is 7.34.